The molecule has 0 spiro atoms. The Morgan fingerprint density at radius 2 is 1.20 bits per heavy atom. The number of rotatable bonds is 9. The van der Waals surface area contributed by atoms with E-state index in [4.69, 9.17) is 26.3 Å². The predicted molar refractivity (Wildman–Crippen MR) is 239 cm³/mol. The number of amides is 2. The lowest BCUT2D eigenvalue weighted by atomic mass is 9.90. The third-order valence-electron chi connectivity index (χ3n) is 10.3. The molecule has 344 valence electrons. The fourth-order valence-corrected chi connectivity index (χ4v) is 7.70. The summed E-state index contributed by atoms with van der Waals surface area (Å²) in [6, 6.07) is 7.85. The quantitative estimate of drug-likeness (QED) is 0.0995. The maximum absolute atomic E-state index is 15.1. The summed E-state index contributed by atoms with van der Waals surface area (Å²) < 4.78 is 56.4. The summed E-state index contributed by atoms with van der Waals surface area (Å²) in [4.78, 5) is 34.5. The molecule has 3 heterocycles. The average Bonchev–Trinajstić information content (AvgIpc) is 3.54. The lowest BCUT2D eigenvalue weighted by Gasteiger charge is -2.33. The summed E-state index contributed by atoms with van der Waals surface area (Å²) in [6.45, 7) is 10.7. The highest BCUT2D eigenvalue weighted by Crippen LogP contribution is 2.33. The van der Waals surface area contributed by atoms with Gasteiger partial charge in [0.1, 0.15) is 34.0 Å². The maximum Gasteiger partial charge on any atom is 0.407 e. The Morgan fingerprint density at radius 1 is 0.734 bits per heavy atom. The number of aromatic nitrogens is 4. The van der Waals surface area contributed by atoms with E-state index in [1.807, 2.05) is 20.2 Å². The van der Waals surface area contributed by atoms with Gasteiger partial charge in [0.25, 0.3) is 0 Å². The first-order valence-electron chi connectivity index (χ1n) is 21.0. The van der Waals surface area contributed by atoms with E-state index in [1.165, 1.54) is 10.7 Å². The summed E-state index contributed by atoms with van der Waals surface area (Å²) in [5.41, 5.74) is -0.619. The lowest BCUT2D eigenvalue weighted by molar-refractivity contribution is 0.0477. The van der Waals surface area contributed by atoms with E-state index in [0.717, 1.165) is 50.7 Å². The van der Waals surface area contributed by atoms with Crippen molar-refractivity contribution in [3.63, 3.8) is 0 Å². The highest BCUT2D eigenvalue weighted by molar-refractivity contribution is 6.30. The zero-order valence-electron chi connectivity index (χ0n) is 37.6. The molecule has 0 aliphatic heterocycles. The van der Waals surface area contributed by atoms with Gasteiger partial charge in [-0.3, -0.25) is 4.68 Å². The van der Waals surface area contributed by atoms with Crippen LogP contribution in [0.15, 0.2) is 24.3 Å². The molecule has 4 aromatic rings. The minimum Gasteiger partial charge on any atom is -0.444 e. The average molecular weight is 909 g/mol. The van der Waals surface area contributed by atoms with E-state index < -0.39 is 40.8 Å². The van der Waals surface area contributed by atoms with Gasteiger partial charge in [0.05, 0.1) is 23.2 Å². The van der Waals surface area contributed by atoms with Gasteiger partial charge in [-0.1, -0.05) is 37.3 Å². The van der Waals surface area contributed by atoms with Gasteiger partial charge in [-0.2, -0.15) is 15.6 Å². The van der Waals surface area contributed by atoms with Crippen molar-refractivity contribution in [2.75, 3.05) is 34.9 Å². The van der Waals surface area contributed by atoms with Crippen molar-refractivity contribution in [2.24, 2.45) is 7.05 Å². The Labute approximate surface area is 376 Å². The van der Waals surface area contributed by atoms with Crippen molar-refractivity contribution in [2.45, 2.75) is 128 Å². The molecule has 4 atom stereocenters. The van der Waals surface area contributed by atoms with E-state index in [1.54, 1.807) is 65.6 Å². The molecule has 16 nitrogen and oxygen atoms in total. The van der Waals surface area contributed by atoms with Crippen molar-refractivity contribution < 1.29 is 32.2 Å². The molecule has 2 aliphatic rings. The standard InChI is InChI=1S/C27H34F2N8O2.C17H22ClFN4O2/c1-27(2,3)39-26(38)33-21-10-8-7-9-20(21)32-24-19(29)11-15(14-30)23(34-24)31-16-12-17-22(18(28)13-16)37(6)35-25(17)36(4)5;1-17(2,3)25-16(24)22-13-7-5-4-6-12(13)21-15-11(19)8-10(9-20)14(18)23-15/h11-13,20-21H,7-10H2,1-6H3,(H,33,38)(H2,31,32,34);8,12-13H,4-7H2,1-3H3,(H,21,23)(H,22,24)/t20-,21+;12-,13+/m11/s1. The smallest absolute Gasteiger partial charge is 0.407 e. The SMILES string of the molecule is CC(C)(C)OC(=O)N[C@H]1CCCC[C@H]1Nc1nc(Cl)c(C#N)cc1F.CN(C)c1nn(C)c2c(F)cc(Nc3nc(N[C@@H]4CCCC[C@@H]4NC(=O)OC(C)(C)C)c(F)cc3C#N)cc12. The van der Waals surface area contributed by atoms with Gasteiger partial charge in [0.2, 0.25) is 0 Å². The van der Waals surface area contributed by atoms with Crippen molar-refractivity contribution in [3.8, 4) is 12.1 Å². The second kappa shape index (κ2) is 20.5. The first-order valence-corrected chi connectivity index (χ1v) is 21.4. The van der Waals surface area contributed by atoms with Crippen molar-refractivity contribution in [3.05, 3.63) is 58.0 Å². The molecule has 2 aliphatic carbocycles. The molecule has 0 unspecified atom stereocenters. The fraction of sp³-hybridized carbons (Fsp3) is 0.523. The predicted octanol–water partition coefficient (Wildman–Crippen LogP) is 9.17. The zero-order chi connectivity index (χ0) is 47.1. The Bertz CT molecular complexity index is 2420. The van der Waals surface area contributed by atoms with Gasteiger partial charge in [-0.25, -0.2) is 32.7 Å². The second-order valence-corrected chi connectivity index (χ2v) is 18.4. The monoisotopic (exact) mass is 908 g/mol. The number of fused-ring (bicyclic) bond motifs is 1. The number of nitrogens with one attached hydrogen (secondary N) is 5. The summed E-state index contributed by atoms with van der Waals surface area (Å²) >= 11 is 5.88. The molecular weight excluding hydrogens is 853 g/mol. The van der Waals surface area contributed by atoms with E-state index in [0.29, 0.717) is 35.2 Å². The van der Waals surface area contributed by atoms with E-state index >= 15 is 8.78 Å². The Hall–Kier alpha value is -6.21. The third-order valence-corrected chi connectivity index (χ3v) is 10.6. The third kappa shape index (κ3) is 12.9. The minimum absolute atomic E-state index is 0.0169. The van der Waals surface area contributed by atoms with Crippen LogP contribution in [0.4, 0.5) is 51.7 Å². The number of halogens is 4. The van der Waals surface area contributed by atoms with Crippen LogP contribution >= 0.6 is 11.6 Å². The van der Waals surface area contributed by atoms with Gasteiger partial charge in [0.15, 0.2) is 40.7 Å². The minimum atomic E-state index is -0.706. The molecule has 20 heteroatoms. The molecule has 2 amide bonds. The van der Waals surface area contributed by atoms with Crippen LogP contribution < -0.4 is 31.5 Å². The van der Waals surface area contributed by atoms with Crippen molar-refractivity contribution >= 4 is 63.6 Å². The molecule has 0 bridgehead atoms. The number of alkyl carbamates (subject to hydrolysis) is 2. The molecule has 0 radical (unpaired) electrons. The highest BCUT2D eigenvalue weighted by Gasteiger charge is 2.31. The van der Waals surface area contributed by atoms with Gasteiger partial charge >= 0.3 is 12.2 Å². The number of hydrogen-bond donors (Lipinski definition) is 5. The first-order chi connectivity index (χ1) is 30.0. The molecule has 0 saturated heterocycles. The molecule has 64 heavy (non-hydrogen) atoms. The number of hydrogen-bond acceptors (Lipinski definition) is 13. The first kappa shape index (κ1) is 48.8. The van der Waals surface area contributed by atoms with Crippen LogP contribution in [-0.4, -0.2) is 81.4 Å². The van der Waals surface area contributed by atoms with Gasteiger partial charge in [-0.15, -0.1) is 0 Å². The number of anilines is 5. The number of ether oxygens (including phenoxy) is 2. The summed E-state index contributed by atoms with van der Waals surface area (Å²) in [5.74, 6) is -1.31. The van der Waals surface area contributed by atoms with Crippen LogP contribution in [0.25, 0.3) is 10.9 Å². The lowest BCUT2D eigenvalue weighted by Crippen LogP contribution is -2.50. The van der Waals surface area contributed by atoms with Crippen LogP contribution in [0.5, 0.6) is 0 Å². The topological polar surface area (TPSA) is 207 Å². The second-order valence-electron chi connectivity index (χ2n) is 18.0. The largest absolute Gasteiger partial charge is 0.444 e. The van der Waals surface area contributed by atoms with E-state index in [-0.39, 0.29) is 57.9 Å². The van der Waals surface area contributed by atoms with Gasteiger partial charge in [-0.05, 0) is 91.5 Å². The number of nitriles is 2. The molecule has 2 saturated carbocycles. The van der Waals surface area contributed by atoms with Crippen LogP contribution in [0.2, 0.25) is 5.15 Å². The molecule has 3 aromatic heterocycles. The molecule has 1 aromatic carbocycles. The molecule has 6 rings (SSSR count). The molecule has 5 N–H and O–H groups in total. The Morgan fingerprint density at radius 3 is 1.67 bits per heavy atom. The highest BCUT2D eigenvalue weighted by atomic mass is 35.5. The van der Waals surface area contributed by atoms with Crippen LogP contribution in [0.3, 0.4) is 0 Å². The maximum atomic E-state index is 15.1. The van der Waals surface area contributed by atoms with E-state index in [9.17, 15) is 19.2 Å². The van der Waals surface area contributed by atoms with Crippen molar-refractivity contribution in [1.29, 1.82) is 10.5 Å². The number of benzene rings is 1. The van der Waals surface area contributed by atoms with Crippen LogP contribution in [0.1, 0.15) is 104 Å². The van der Waals surface area contributed by atoms with Gasteiger partial charge < -0.3 is 41.0 Å². The van der Waals surface area contributed by atoms with E-state index in [2.05, 4.69) is 41.7 Å². The Balaban J connectivity index is 0.000000266. The van der Waals surface area contributed by atoms with Crippen LogP contribution in [-0.2, 0) is 16.5 Å². The van der Waals surface area contributed by atoms with Crippen molar-refractivity contribution in [1.82, 2.24) is 30.4 Å². The molecular formula is C44H56ClF3N12O4. The summed E-state index contributed by atoms with van der Waals surface area (Å²) in [7, 11) is 5.28. The van der Waals surface area contributed by atoms with Gasteiger partial charge in [0, 0.05) is 44.3 Å². The summed E-state index contributed by atoms with van der Waals surface area (Å²) in [6.07, 6.45) is 5.55. The number of carbonyl (C=O) groups excluding carboxylic acids is 2. The number of nitrogens with zero attached hydrogens (tertiary/aromatic N) is 7. The fourth-order valence-electron chi connectivity index (χ4n) is 7.52. The Kier molecular flexibility index (Phi) is 15.7. The van der Waals surface area contributed by atoms with Crippen LogP contribution in [0, 0.1) is 40.1 Å². The normalized spacial score (nSPS) is 18.6. The number of aryl methyl sites for hydroxylation is 1. The molecule has 2 fully saturated rings. The number of carbonyl (C=O) groups is 2. The zero-order valence-corrected chi connectivity index (χ0v) is 38.3. The summed E-state index contributed by atoms with van der Waals surface area (Å²) in [5, 5.41) is 38.2. The number of pyridine rings is 2.